The van der Waals surface area contributed by atoms with Crippen LogP contribution in [0.3, 0.4) is 0 Å². The molecule has 0 aromatic carbocycles. The molecule has 1 amide bonds. The molecule has 0 bridgehead atoms. The quantitative estimate of drug-likeness (QED) is 0.875. The summed E-state index contributed by atoms with van der Waals surface area (Å²) < 4.78 is 0. The Morgan fingerprint density at radius 2 is 2.22 bits per heavy atom. The number of carbonyl (C=O) groups excluding carboxylic acids is 1. The molecule has 1 aromatic heterocycles. The number of nitrogens with two attached hydrogens (primary N) is 1. The zero-order chi connectivity index (χ0) is 13.3. The Hall–Kier alpha value is -1.68. The molecule has 1 aliphatic carbocycles. The third-order valence-corrected chi connectivity index (χ3v) is 3.28. The molecule has 2 rings (SSSR count). The van der Waals surface area contributed by atoms with E-state index in [2.05, 4.69) is 11.6 Å². The second-order valence-corrected chi connectivity index (χ2v) is 5.14. The molecule has 0 aliphatic heterocycles. The molecule has 0 unspecified atom stereocenters. The second kappa shape index (κ2) is 4.53. The molecule has 18 heavy (non-hydrogen) atoms. The lowest BCUT2D eigenvalue weighted by molar-refractivity contribution is -0.132. The lowest BCUT2D eigenvalue weighted by Crippen LogP contribution is -2.43. The summed E-state index contributed by atoms with van der Waals surface area (Å²) in [5, 5.41) is 0. The van der Waals surface area contributed by atoms with Gasteiger partial charge in [-0.3, -0.25) is 9.78 Å². The maximum Gasteiger partial charge on any atom is 0.242 e. The summed E-state index contributed by atoms with van der Waals surface area (Å²) in [6.07, 6.45) is 3.36. The summed E-state index contributed by atoms with van der Waals surface area (Å²) in [4.78, 5) is 17.9. The highest BCUT2D eigenvalue weighted by molar-refractivity contribution is 5.88. The highest BCUT2D eigenvalue weighted by atomic mass is 16.2. The third-order valence-electron chi connectivity index (χ3n) is 3.28. The topological polar surface area (TPSA) is 59.2 Å². The van der Waals surface area contributed by atoms with Crippen LogP contribution in [0.5, 0.6) is 0 Å². The normalized spacial score (nSPS) is 16.2. The van der Waals surface area contributed by atoms with Crippen LogP contribution in [0.15, 0.2) is 24.9 Å². The van der Waals surface area contributed by atoms with Crippen molar-refractivity contribution in [3.05, 3.63) is 36.2 Å². The van der Waals surface area contributed by atoms with Crippen molar-refractivity contribution in [3.8, 4) is 0 Å². The van der Waals surface area contributed by atoms with Gasteiger partial charge in [0.15, 0.2) is 0 Å². The summed E-state index contributed by atoms with van der Waals surface area (Å²) >= 11 is 0. The van der Waals surface area contributed by atoms with Gasteiger partial charge in [0.1, 0.15) is 0 Å². The predicted molar refractivity (Wildman–Crippen MR) is 71.6 cm³/mol. The summed E-state index contributed by atoms with van der Waals surface area (Å²) in [5.74, 6) is 0.00766. The van der Waals surface area contributed by atoms with E-state index in [0.29, 0.717) is 6.54 Å². The van der Waals surface area contributed by atoms with Crippen LogP contribution in [0.2, 0.25) is 0 Å². The third kappa shape index (κ3) is 2.59. The summed E-state index contributed by atoms with van der Waals surface area (Å²) in [6, 6.07) is 3.89. The van der Waals surface area contributed by atoms with Gasteiger partial charge in [-0.15, -0.1) is 0 Å². The van der Waals surface area contributed by atoms with Crippen LogP contribution in [0.1, 0.15) is 31.0 Å². The molecule has 0 radical (unpaired) electrons. The number of nitrogens with zero attached hydrogens (tertiary/aromatic N) is 2. The fourth-order valence-electron chi connectivity index (χ4n) is 1.81. The number of aromatic nitrogens is 1. The van der Waals surface area contributed by atoms with E-state index in [1.807, 2.05) is 19.1 Å². The van der Waals surface area contributed by atoms with Crippen LogP contribution in [-0.2, 0) is 11.3 Å². The highest BCUT2D eigenvalue weighted by Crippen LogP contribution is 2.34. The van der Waals surface area contributed by atoms with E-state index in [9.17, 15) is 4.79 Å². The SMILES string of the molecule is C=C(C)c1ccc(CN(C)C(=O)C2(N)CC2)nc1. The average molecular weight is 245 g/mol. The Labute approximate surface area is 108 Å². The molecular formula is C14H19N3O. The second-order valence-electron chi connectivity index (χ2n) is 5.14. The Morgan fingerprint density at radius 1 is 1.56 bits per heavy atom. The Kier molecular flexibility index (Phi) is 3.22. The number of carbonyl (C=O) groups is 1. The Balaban J connectivity index is 2.00. The van der Waals surface area contributed by atoms with Crippen molar-refractivity contribution in [3.63, 3.8) is 0 Å². The molecule has 96 valence electrons. The van der Waals surface area contributed by atoms with Gasteiger partial charge in [0, 0.05) is 13.2 Å². The first kappa shape index (κ1) is 12.8. The Morgan fingerprint density at radius 3 is 2.67 bits per heavy atom. The van der Waals surface area contributed by atoms with E-state index in [0.717, 1.165) is 29.7 Å². The van der Waals surface area contributed by atoms with E-state index >= 15 is 0 Å². The van der Waals surface area contributed by atoms with E-state index in [1.165, 1.54) is 0 Å². The van der Waals surface area contributed by atoms with E-state index < -0.39 is 5.54 Å². The number of hydrogen-bond donors (Lipinski definition) is 1. The van der Waals surface area contributed by atoms with Crippen molar-refractivity contribution in [1.29, 1.82) is 0 Å². The Bertz CT molecular complexity index is 474. The van der Waals surface area contributed by atoms with Crippen molar-refractivity contribution in [2.24, 2.45) is 5.73 Å². The molecule has 2 N–H and O–H groups in total. The van der Waals surface area contributed by atoms with Crippen molar-refractivity contribution in [1.82, 2.24) is 9.88 Å². The lowest BCUT2D eigenvalue weighted by Gasteiger charge is -2.20. The summed E-state index contributed by atoms with van der Waals surface area (Å²) in [6.45, 7) is 6.30. The smallest absolute Gasteiger partial charge is 0.242 e. The molecule has 1 fully saturated rings. The van der Waals surface area contributed by atoms with Crippen LogP contribution in [0.25, 0.3) is 5.57 Å². The van der Waals surface area contributed by atoms with Gasteiger partial charge in [-0.1, -0.05) is 12.6 Å². The van der Waals surface area contributed by atoms with Gasteiger partial charge in [-0.2, -0.15) is 0 Å². The van der Waals surface area contributed by atoms with Crippen molar-refractivity contribution in [2.45, 2.75) is 31.8 Å². The van der Waals surface area contributed by atoms with E-state index in [1.54, 1.807) is 18.1 Å². The summed E-state index contributed by atoms with van der Waals surface area (Å²) in [7, 11) is 1.77. The van der Waals surface area contributed by atoms with Gasteiger partial charge in [-0.05, 0) is 37.0 Å². The first-order valence-electron chi connectivity index (χ1n) is 6.08. The first-order chi connectivity index (χ1) is 8.42. The fourth-order valence-corrected chi connectivity index (χ4v) is 1.81. The van der Waals surface area contributed by atoms with Crippen LogP contribution in [0, 0.1) is 0 Å². The molecule has 1 aromatic rings. The molecule has 1 saturated carbocycles. The van der Waals surface area contributed by atoms with Gasteiger partial charge < -0.3 is 10.6 Å². The number of amides is 1. The van der Waals surface area contributed by atoms with Gasteiger partial charge >= 0.3 is 0 Å². The number of likely N-dealkylation sites (N-methyl/N-ethyl adjacent to an activating group) is 1. The summed E-state index contributed by atoms with van der Waals surface area (Å²) in [5.41, 5.74) is 8.14. The minimum atomic E-state index is -0.605. The van der Waals surface area contributed by atoms with Crippen LogP contribution < -0.4 is 5.73 Å². The van der Waals surface area contributed by atoms with Gasteiger partial charge in [0.25, 0.3) is 0 Å². The minimum Gasteiger partial charge on any atom is -0.338 e. The fraction of sp³-hybridized carbons (Fsp3) is 0.429. The maximum atomic E-state index is 12.0. The minimum absolute atomic E-state index is 0.00766. The van der Waals surface area contributed by atoms with Gasteiger partial charge in [-0.25, -0.2) is 0 Å². The molecule has 0 spiro atoms. The molecule has 1 heterocycles. The van der Waals surface area contributed by atoms with Gasteiger partial charge in [0.2, 0.25) is 5.91 Å². The van der Waals surface area contributed by atoms with Crippen molar-refractivity contribution >= 4 is 11.5 Å². The van der Waals surface area contributed by atoms with Crippen LogP contribution in [0.4, 0.5) is 0 Å². The average Bonchev–Trinajstić information content (AvgIpc) is 3.08. The van der Waals surface area contributed by atoms with Crippen molar-refractivity contribution in [2.75, 3.05) is 7.05 Å². The largest absolute Gasteiger partial charge is 0.338 e. The standard InChI is InChI=1S/C14H19N3O/c1-10(2)11-4-5-12(16-8-11)9-17(3)13(18)14(15)6-7-14/h4-5,8H,1,6-7,9,15H2,2-3H3. The molecule has 0 atom stereocenters. The van der Waals surface area contributed by atoms with Crippen LogP contribution in [-0.4, -0.2) is 28.4 Å². The zero-order valence-electron chi connectivity index (χ0n) is 10.9. The van der Waals surface area contributed by atoms with E-state index in [4.69, 9.17) is 5.73 Å². The monoisotopic (exact) mass is 245 g/mol. The molecular weight excluding hydrogens is 226 g/mol. The molecule has 4 nitrogen and oxygen atoms in total. The number of allylic oxidation sites excluding steroid dienone is 1. The maximum absolute atomic E-state index is 12.0. The number of rotatable bonds is 4. The molecule has 1 aliphatic rings. The lowest BCUT2D eigenvalue weighted by atomic mass is 10.1. The number of hydrogen-bond acceptors (Lipinski definition) is 3. The van der Waals surface area contributed by atoms with Crippen LogP contribution >= 0.6 is 0 Å². The molecule has 4 heteroatoms. The van der Waals surface area contributed by atoms with Gasteiger partial charge in [0.05, 0.1) is 17.8 Å². The van der Waals surface area contributed by atoms with Crippen molar-refractivity contribution < 1.29 is 4.79 Å². The first-order valence-corrected chi connectivity index (χ1v) is 6.08. The highest BCUT2D eigenvalue weighted by Gasteiger charge is 2.47. The van der Waals surface area contributed by atoms with E-state index in [-0.39, 0.29) is 5.91 Å². The zero-order valence-corrected chi connectivity index (χ0v) is 10.9. The molecule has 0 saturated heterocycles. The predicted octanol–water partition coefficient (Wildman–Crippen LogP) is 1.56. The number of pyridine rings is 1.